The lowest BCUT2D eigenvalue weighted by Gasteiger charge is -2.17. The minimum Gasteiger partial charge on any atom is -0.457 e. The Bertz CT molecular complexity index is 1350. The molecule has 0 saturated carbocycles. The second-order valence-electron chi connectivity index (χ2n) is 6.16. The molecule has 0 atom stereocenters. The van der Waals surface area contributed by atoms with E-state index >= 15 is 0 Å². The van der Waals surface area contributed by atoms with Crippen molar-refractivity contribution in [3.8, 4) is 11.5 Å². The summed E-state index contributed by atoms with van der Waals surface area (Å²) in [5.74, 6) is 1.54. The number of oxazole rings is 1. The number of aromatic nitrogens is 1. The van der Waals surface area contributed by atoms with Crippen molar-refractivity contribution in [1.29, 1.82) is 0 Å². The number of hydrogen-bond donors (Lipinski definition) is 0. The maximum atomic E-state index is 11.4. The minimum atomic E-state index is -4.94. The zero-order chi connectivity index (χ0) is 20.8. The van der Waals surface area contributed by atoms with Crippen LogP contribution in [0.4, 0.5) is 0 Å². The predicted octanol–water partition coefficient (Wildman–Crippen LogP) is -0.681. The maximum absolute atomic E-state index is 11.4. The molecule has 0 unspecified atom stereocenters. The number of nitrogens with one attached hydrogen (secondary N) is 1. The molecule has 9 nitrogen and oxygen atoms in total. The van der Waals surface area contributed by atoms with E-state index in [0.29, 0.717) is 22.6 Å². The van der Waals surface area contributed by atoms with Gasteiger partial charge in [0.2, 0.25) is 5.58 Å². The van der Waals surface area contributed by atoms with Gasteiger partial charge in [-0.25, -0.2) is 18.6 Å². The van der Waals surface area contributed by atoms with Crippen LogP contribution in [-0.4, -0.2) is 0 Å². The largest absolute Gasteiger partial charge is 0.601 e. The van der Waals surface area contributed by atoms with E-state index in [9.17, 15) is 4.79 Å². The summed E-state index contributed by atoms with van der Waals surface area (Å²) in [5.41, 5.74) is 1.95. The smallest absolute Gasteiger partial charge is 0.457 e. The lowest BCUT2D eigenvalue weighted by Crippen LogP contribution is -2.68. The van der Waals surface area contributed by atoms with E-state index < -0.39 is 16.0 Å². The predicted molar refractivity (Wildman–Crippen MR) is 88.8 cm³/mol. The van der Waals surface area contributed by atoms with Crippen LogP contribution >= 0.6 is 0 Å². The summed E-state index contributed by atoms with van der Waals surface area (Å²) in [4.78, 5) is 14.1. The number of para-hydroxylation sites is 1. The molecule has 0 spiro atoms. The van der Waals surface area contributed by atoms with Gasteiger partial charge in [-0.05, 0) is 36.6 Å². The van der Waals surface area contributed by atoms with Gasteiger partial charge in [0.1, 0.15) is 11.3 Å². The molecule has 5 aromatic rings. The number of furan rings is 1. The van der Waals surface area contributed by atoms with Crippen molar-refractivity contribution in [2.24, 2.45) is 0 Å². The molecule has 0 aliphatic carbocycles. The van der Waals surface area contributed by atoms with Gasteiger partial charge < -0.3 is 13.3 Å². The van der Waals surface area contributed by atoms with Crippen LogP contribution in [0.25, 0.3) is 44.4 Å². The fourth-order valence-corrected chi connectivity index (χ4v) is 3.07. The highest BCUT2D eigenvalue weighted by Gasteiger charge is 2.17. The Morgan fingerprint density at radius 2 is 1.59 bits per heavy atom. The number of rotatable bonds is 1. The van der Waals surface area contributed by atoms with E-state index in [0.717, 1.165) is 27.5 Å². The highest BCUT2D eigenvalue weighted by Crippen LogP contribution is 2.35. The molecule has 0 saturated heterocycles. The van der Waals surface area contributed by atoms with Gasteiger partial charge in [0.05, 0.1) is 0 Å². The third kappa shape index (κ3) is 4.14. The summed E-state index contributed by atoms with van der Waals surface area (Å²) in [6, 6.07) is 15.4. The average Bonchev–Trinajstić information content (AvgIpc) is 3.19. The highest BCUT2D eigenvalue weighted by molar-refractivity contribution is 6.00. The Morgan fingerprint density at radius 1 is 0.862 bits per heavy atom. The minimum absolute atomic E-state index is 0.473. The second kappa shape index (κ2) is 6.99. The van der Waals surface area contributed by atoms with Crippen molar-refractivity contribution in [3.63, 3.8) is 0 Å². The van der Waals surface area contributed by atoms with Crippen LogP contribution in [0.1, 0.15) is 5.76 Å². The first kappa shape index (κ1) is 19.1. The molecule has 29 heavy (non-hydrogen) atoms. The first-order valence-corrected chi connectivity index (χ1v) is 9.42. The number of H-pyrrole nitrogens is 1. The van der Waals surface area contributed by atoms with Gasteiger partial charge in [-0.1, -0.05) is 18.2 Å². The molecule has 0 aliphatic heterocycles. The molecule has 0 radical (unpaired) electrons. The SMILES string of the molecule is Cc1cc2cc3[nH+]c(=O)oc3cc2c(-c2cc3ccccc3o2)o1.[O-][Cl+3]([O-])([O-])[O-]. The Kier molecular flexibility index (Phi) is 4.61. The number of fused-ring (bicyclic) bond motifs is 3. The van der Waals surface area contributed by atoms with E-state index in [1.807, 2.05) is 49.4 Å². The Balaban J connectivity index is 0.000000369. The van der Waals surface area contributed by atoms with Crippen molar-refractivity contribution < 1.29 is 47.1 Å². The molecule has 148 valence electrons. The number of aryl methyl sites for hydroxylation is 1. The molecule has 0 amide bonds. The summed E-state index contributed by atoms with van der Waals surface area (Å²) in [7, 11) is -4.94. The summed E-state index contributed by atoms with van der Waals surface area (Å²) in [6.07, 6.45) is 0. The van der Waals surface area contributed by atoms with Crippen molar-refractivity contribution in [3.05, 3.63) is 64.8 Å². The quantitative estimate of drug-likeness (QED) is 0.346. The van der Waals surface area contributed by atoms with Crippen molar-refractivity contribution >= 4 is 32.8 Å². The standard InChI is InChI=1S/C19H11NO4.ClHO4/c1-10-6-12-7-14-16(24-19(21)20-14)9-13(12)18(22-10)17-8-11-4-2-3-5-15(11)23-17;2-1(3,4)5/h2-9H,1H3;(H,2,3,4,5). The molecule has 3 aromatic heterocycles. The van der Waals surface area contributed by atoms with Crippen LogP contribution in [0.3, 0.4) is 0 Å². The molecule has 3 heterocycles. The van der Waals surface area contributed by atoms with E-state index in [1.165, 1.54) is 0 Å². The summed E-state index contributed by atoms with van der Waals surface area (Å²) >= 11 is 0. The van der Waals surface area contributed by atoms with E-state index in [-0.39, 0.29) is 0 Å². The molecule has 5 rings (SSSR count). The third-order valence-electron chi connectivity index (χ3n) is 4.11. The second-order valence-corrected chi connectivity index (χ2v) is 6.92. The van der Waals surface area contributed by atoms with Crippen LogP contribution in [-0.2, 0) is 0 Å². The fourth-order valence-electron chi connectivity index (χ4n) is 3.07. The lowest BCUT2D eigenvalue weighted by molar-refractivity contribution is -2.00. The molecule has 0 bridgehead atoms. The van der Waals surface area contributed by atoms with Crippen molar-refractivity contribution in [2.45, 2.75) is 6.92 Å². The molecular formula is C19H12ClNO8. The molecule has 2 aromatic carbocycles. The Hall–Kier alpha value is -3.21. The van der Waals surface area contributed by atoms with Crippen LogP contribution in [0.5, 0.6) is 0 Å². The van der Waals surface area contributed by atoms with E-state index in [2.05, 4.69) is 4.98 Å². The zero-order valence-corrected chi connectivity index (χ0v) is 15.5. The normalized spacial score (nSPS) is 11.8. The van der Waals surface area contributed by atoms with Gasteiger partial charge in [-0.3, -0.25) is 0 Å². The summed E-state index contributed by atoms with van der Waals surface area (Å²) in [5, 5.41) is 2.78. The van der Waals surface area contributed by atoms with E-state index in [1.54, 1.807) is 6.07 Å². The van der Waals surface area contributed by atoms with Crippen molar-refractivity contribution in [1.82, 2.24) is 0 Å². The molecular weight excluding hydrogens is 406 g/mol. The number of halogens is 1. The lowest BCUT2D eigenvalue weighted by atomic mass is 10.1. The van der Waals surface area contributed by atoms with Gasteiger partial charge in [0, 0.05) is 16.8 Å². The third-order valence-corrected chi connectivity index (χ3v) is 4.11. The van der Waals surface area contributed by atoms with Crippen molar-refractivity contribution in [2.75, 3.05) is 0 Å². The Labute approximate surface area is 163 Å². The first-order valence-electron chi connectivity index (χ1n) is 8.18. The number of benzene rings is 2. The average molecular weight is 418 g/mol. The summed E-state index contributed by atoms with van der Waals surface area (Å²) in [6.45, 7) is 1.88. The van der Waals surface area contributed by atoms with Crippen LogP contribution in [0.2, 0.25) is 0 Å². The van der Waals surface area contributed by atoms with Gasteiger partial charge >= 0.3 is 5.76 Å². The van der Waals surface area contributed by atoms with Gasteiger partial charge in [-0.2, -0.15) is 4.79 Å². The van der Waals surface area contributed by atoms with Gasteiger partial charge in [-0.15, -0.1) is 15.2 Å². The molecule has 1 N–H and O–H groups in total. The van der Waals surface area contributed by atoms with Crippen LogP contribution in [0, 0.1) is 17.2 Å². The maximum Gasteiger partial charge on any atom is 0.601 e. The Morgan fingerprint density at radius 3 is 2.31 bits per heavy atom. The molecule has 0 fully saturated rings. The first-order chi connectivity index (χ1) is 13.7. The topological polar surface area (TPSA) is 163 Å². The molecule has 10 heteroatoms. The number of aromatic amines is 1. The monoisotopic (exact) mass is 417 g/mol. The van der Waals surface area contributed by atoms with Crippen LogP contribution in [0.15, 0.2) is 66.6 Å². The van der Waals surface area contributed by atoms with Gasteiger partial charge in [0.25, 0.3) is 5.52 Å². The zero-order valence-electron chi connectivity index (χ0n) is 14.8. The number of hydrogen-bond acceptors (Lipinski definition) is 8. The van der Waals surface area contributed by atoms with Crippen LogP contribution < -0.4 is 29.4 Å². The summed E-state index contributed by atoms with van der Waals surface area (Å²) < 4.78 is 51.0. The fraction of sp³-hybridized carbons (Fsp3) is 0.0526. The highest BCUT2D eigenvalue weighted by atomic mass is 35.7. The van der Waals surface area contributed by atoms with Gasteiger partial charge in [0.15, 0.2) is 11.5 Å². The van der Waals surface area contributed by atoms with E-state index in [4.69, 9.17) is 31.9 Å². The molecule has 0 aliphatic rings.